The Morgan fingerprint density at radius 3 is 2.33 bits per heavy atom. The summed E-state index contributed by atoms with van der Waals surface area (Å²) in [6.07, 6.45) is 3.53. The maximum atomic E-state index is 12.0. The van der Waals surface area contributed by atoms with Gasteiger partial charge in [0.1, 0.15) is 0 Å². The maximum Gasteiger partial charge on any atom is 0.226 e. The summed E-state index contributed by atoms with van der Waals surface area (Å²) in [5, 5.41) is 2.97. The van der Waals surface area contributed by atoms with Gasteiger partial charge in [-0.25, -0.2) is 0 Å². The summed E-state index contributed by atoms with van der Waals surface area (Å²) in [6, 6.07) is 3.94. The molecule has 100 valence electrons. The standard InChI is InChI=1S/C14H23N3O/c1-13(2,9-15)12(18)17-10-14(3,4)11-5-7-16-8-6-11/h5-8H,9-10,15H2,1-4H3,(H,17,18). The number of rotatable bonds is 5. The van der Waals surface area contributed by atoms with Gasteiger partial charge in [0.2, 0.25) is 5.91 Å². The maximum absolute atomic E-state index is 12.0. The normalized spacial score (nSPS) is 12.3. The highest BCUT2D eigenvalue weighted by molar-refractivity contribution is 5.82. The molecule has 1 amide bonds. The number of aromatic nitrogens is 1. The largest absolute Gasteiger partial charge is 0.355 e. The van der Waals surface area contributed by atoms with Crippen LogP contribution in [0.25, 0.3) is 0 Å². The fourth-order valence-electron chi connectivity index (χ4n) is 1.54. The number of amides is 1. The molecule has 0 saturated heterocycles. The predicted molar refractivity (Wildman–Crippen MR) is 73.1 cm³/mol. The van der Waals surface area contributed by atoms with E-state index in [9.17, 15) is 4.79 Å². The van der Waals surface area contributed by atoms with Gasteiger partial charge < -0.3 is 11.1 Å². The van der Waals surface area contributed by atoms with Crippen molar-refractivity contribution in [2.45, 2.75) is 33.1 Å². The van der Waals surface area contributed by atoms with Crippen LogP contribution in [0.4, 0.5) is 0 Å². The van der Waals surface area contributed by atoms with Crippen LogP contribution in [0.15, 0.2) is 24.5 Å². The lowest BCUT2D eigenvalue weighted by atomic mass is 9.84. The van der Waals surface area contributed by atoms with E-state index in [-0.39, 0.29) is 11.3 Å². The molecule has 1 heterocycles. The van der Waals surface area contributed by atoms with E-state index in [0.717, 1.165) is 5.56 Å². The van der Waals surface area contributed by atoms with Crippen molar-refractivity contribution >= 4 is 5.91 Å². The minimum absolute atomic E-state index is 0.00729. The number of nitrogens with zero attached hydrogens (tertiary/aromatic N) is 1. The second-order valence-corrected chi connectivity index (χ2v) is 5.89. The number of nitrogens with two attached hydrogens (primary N) is 1. The van der Waals surface area contributed by atoms with Crippen molar-refractivity contribution in [1.82, 2.24) is 10.3 Å². The summed E-state index contributed by atoms with van der Waals surface area (Å²) < 4.78 is 0. The van der Waals surface area contributed by atoms with E-state index in [4.69, 9.17) is 5.73 Å². The van der Waals surface area contributed by atoms with Gasteiger partial charge in [0.25, 0.3) is 0 Å². The molecule has 0 radical (unpaired) electrons. The molecule has 0 atom stereocenters. The van der Waals surface area contributed by atoms with E-state index < -0.39 is 5.41 Å². The Hall–Kier alpha value is -1.42. The van der Waals surface area contributed by atoms with Gasteiger partial charge in [-0.2, -0.15) is 0 Å². The fraction of sp³-hybridized carbons (Fsp3) is 0.571. The lowest BCUT2D eigenvalue weighted by molar-refractivity contribution is -0.129. The zero-order valence-electron chi connectivity index (χ0n) is 11.7. The van der Waals surface area contributed by atoms with Gasteiger partial charge in [0.05, 0.1) is 5.41 Å². The zero-order valence-corrected chi connectivity index (χ0v) is 11.7. The van der Waals surface area contributed by atoms with E-state index in [1.807, 2.05) is 26.0 Å². The first kappa shape index (κ1) is 14.6. The summed E-state index contributed by atoms with van der Waals surface area (Å²) in [6.45, 7) is 8.81. The van der Waals surface area contributed by atoms with Crippen molar-refractivity contribution in [1.29, 1.82) is 0 Å². The highest BCUT2D eigenvalue weighted by Crippen LogP contribution is 2.22. The third-order valence-electron chi connectivity index (χ3n) is 3.28. The van der Waals surface area contributed by atoms with E-state index in [0.29, 0.717) is 13.1 Å². The molecule has 0 aliphatic heterocycles. The monoisotopic (exact) mass is 249 g/mol. The predicted octanol–water partition coefficient (Wildman–Crippen LogP) is 1.46. The lowest BCUT2D eigenvalue weighted by Crippen LogP contribution is -2.45. The molecule has 0 saturated carbocycles. The Bertz CT molecular complexity index is 399. The van der Waals surface area contributed by atoms with E-state index in [1.165, 1.54) is 0 Å². The van der Waals surface area contributed by atoms with Gasteiger partial charge in [-0.05, 0) is 31.5 Å². The molecular weight excluding hydrogens is 226 g/mol. The molecule has 0 bridgehead atoms. The van der Waals surface area contributed by atoms with Crippen molar-refractivity contribution in [2.24, 2.45) is 11.1 Å². The van der Waals surface area contributed by atoms with Gasteiger partial charge in [0.15, 0.2) is 0 Å². The third-order valence-corrected chi connectivity index (χ3v) is 3.28. The molecule has 4 nitrogen and oxygen atoms in total. The Labute approximate surface area is 109 Å². The van der Waals surface area contributed by atoms with Gasteiger partial charge in [-0.1, -0.05) is 13.8 Å². The van der Waals surface area contributed by atoms with Crippen LogP contribution in [-0.4, -0.2) is 24.0 Å². The quantitative estimate of drug-likeness (QED) is 0.830. The third kappa shape index (κ3) is 3.53. The molecule has 3 N–H and O–H groups in total. The molecule has 1 aromatic rings. The number of hydrogen-bond donors (Lipinski definition) is 2. The zero-order chi connectivity index (χ0) is 13.8. The fourth-order valence-corrected chi connectivity index (χ4v) is 1.54. The lowest BCUT2D eigenvalue weighted by Gasteiger charge is -2.28. The van der Waals surface area contributed by atoms with Crippen molar-refractivity contribution in [2.75, 3.05) is 13.1 Å². The molecule has 0 aliphatic carbocycles. The highest BCUT2D eigenvalue weighted by atomic mass is 16.2. The SMILES string of the molecule is CC(C)(CN)C(=O)NCC(C)(C)c1ccncc1. The van der Waals surface area contributed by atoms with Crippen LogP contribution in [0.3, 0.4) is 0 Å². The van der Waals surface area contributed by atoms with Crippen molar-refractivity contribution in [3.63, 3.8) is 0 Å². The number of nitrogens with one attached hydrogen (secondary N) is 1. The minimum Gasteiger partial charge on any atom is -0.355 e. The summed E-state index contributed by atoms with van der Waals surface area (Å²) >= 11 is 0. The van der Waals surface area contributed by atoms with Crippen molar-refractivity contribution < 1.29 is 4.79 Å². The molecular formula is C14H23N3O. The van der Waals surface area contributed by atoms with Crippen LogP contribution in [0.1, 0.15) is 33.3 Å². The number of carbonyl (C=O) groups excluding carboxylic acids is 1. The second kappa shape index (κ2) is 5.48. The molecule has 18 heavy (non-hydrogen) atoms. The summed E-state index contributed by atoms with van der Waals surface area (Å²) in [5.41, 5.74) is 6.10. The Kier molecular flexibility index (Phi) is 4.46. The smallest absolute Gasteiger partial charge is 0.226 e. The molecule has 4 heteroatoms. The minimum atomic E-state index is -0.520. The number of carbonyl (C=O) groups is 1. The summed E-state index contributed by atoms with van der Waals surface area (Å²) in [5.74, 6) is -0.00729. The Morgan fingerprint density at radius 2 is 1.83 bits per heavy atom. The van der Waals surface area contributed by atoms with Crippen molar-refractivity contribution in [3.05, 3.63) is 30.1 Å². The van der Waals surface area contributed by atoms with Crippen molar-refractivity contribution in [3.8, 4) is 0 Å². The highest BCUT2D eigenvalue weighted by Gasteiger charge is 2.28. The van der Waals surface area contributed by atoms with Gasteiger partial charge >= 0.3 is 0 Å². The Balaban J connectivity index is 2.66. The van der Waals surface area contributed by atoms with Crippen LogP contribution in [0.2, 0.25) is 0 Å². The first-order valence-electron chi connectivity index (χ1n) is 6.18. The molecule has 0 unspecified atom stereocenters. The van der Waals surface area contributed by atoms with Gasteiger partial charge in [-0.3, -0.25) is 9.78 Å². The van der Waals surface area contributed by atoms with Gasteiger partial charge in [0, 0.05) is 30.9 Å². The first-order valence-corrected chi connectivity index (χ1v) is 6.18. The van der Waals surface area contributed by atoms with Crippen LogP contribution in [0.5, 0.6) is 0 Å². The molecule has 0 spiro atoms. The first-order chi connectivity index (χ1) is 8.29. The van der Waals surface area contributed by atoms with Gasteiger partial charge in [-0.15, -0.1) is 0 Å². The Morgan fingerprint density at radius 1 is 1.28 bits per heavy atom. The van der Waals surface area contributed by atoms with E-state index in [1.54, 1.807) is 12.4 Å². The van der Waals surface area contributed by atoms with Crippen LogP contribution >= 0.6 is 0 Å². The van der Waals surface area contributed by atoms with Crippen LogP contribution in [0, 0.1) is 5.41 Å². The molecule has 1 aromatic heterocycles. The molecule has 0 fully saturated rings. The summed E-state index contributed by atoms with van der Waals surface area (Å²) in [4.78, 5) is 16.0. The number of pyridine rings is 1. The van der Waals surface area contributed by atoms with E-state index in [2.05, 4.69) is 24.1 Å². The topological polar surface area (TPSA) is 68.0 Å². The van der Waals surface area contributed by atoms with Crippen LogP contribution in [-0.2, 0) is 10.2 Å². The average Bonchev–Trinajstić information content (AvgIpc) is 2.37. The van der Waals surface area contributed by atoms with E-state index >= 15 is 0 Å². The summed E-state index contributed by atoms with van der Waals surface area (Å²) in [7, 11) is 0. The molecule has 0 aliphatic rings. The van der Waals surface area contributed by atoms with Crippen LogP contribution < -0.4 is 11.1 Å². The molecule has 1 rings (SSSR count). The second-order valence-electron chi connectivity index (χ2n) is 5.89. The number of hydrogen-bond acceptors (Lipinski definition) is 3. The average molecular weight is 249 g/mol. The molecule has 0 aromatic carbocycles.